The van der Waals surface area contributed by atoms with Crippen LogP contribution in [0.5, 0.6) is 5.88 Å². The van der Waals surface area contributed by atoms with Crippen molar-refractivity contribution in [2.24, 2.45) is 0 Å². The van der Waals surface area contributed by atoms with E-state index in [9.17, 15) is 0 Å². The molecule has 3 heteroatoms. The third-order valence-electron chi connectivity index (χ3n) is 1.63. The van der Waals surface area contributed by atoms with Crippen LogP contribution in [0.2, 0.25) is 0 Å². The highest BCUT2D eigenvalue weighted by atomic mass is 16.5. The lowest BCUT2D eigenvalue weighted by atomic mass is 10.3. The highest BCUT2D eigenvalue weighted by Gasteiger charge is 1.94. The summed E-state index contributed by atoms with van der Waals surface area (Å²) in [6.45, 7) is 3.40. The van der Waals surface area contributed by atoms with Crippen molar-refractivity contribution in [3.05, 3.63) is 23.9 Å². The second-order valence-corrected chi connectivity index (χ2v) is 2.87. The maximum atomic E-state index is 5.40. The molecule has 3 nitrogen and oxygen atoms in total. The molecule has 1 aromatic heterocycles. The van der Waals surface area contributed by atoms with Gasteiger partial charge in [0.05, 0.1) is 6.61 Å². The number of nitrogens with zero attached hydrogens (tertiary/aromatic N) is 1. The topological polar surface area (TPSA) is 31.4 Å². The number of ether oxygens (including phenoxy) is 2. The van der Waals surface area contributed by atoms with Gasteiger partial charge in [-0.3, -0.25) is 0 Å². The smallest absolute Gasteiger partial charge is 0.213 e. The summed E-state index contributed by atoms with van der Waals surface area (Å²) in [5.74, 6) is 0.691. The van der Waals surface area contributed by atoms with E-state index in [1.165, 1.54) is 0 Å². The lowest BCUT2D eigenvalue weighted by molar-refractivity contribution is 0.170. The van der Waals surface area contributed by atoms with Crippen molar-refractivity contribution in [3.8, 4) is 5.88 Å². The van der Waals surface area contributed by atoms with Gasteiger partial charge in [-0.1, -0.05) is 0 Å². The molecule has 0 bridgehead atoms. The van der Waals surface area contributed by atoms with Crippen LogP contribution in [0.25, 0.3) is 0 Å². The summed E-state index contributed by atoms with van der Waals surface area (Å²) in [4.78, 5) is 4.07. The van der Waals surface area contributed by atoms with Gasteiger partial charge in [0.1, 0.15) is 0 Å². The van der Waals surface area contributed by atoms with Crippen molar-refractivity contribution in [1.29, 1.82) is 0 Å². The van der Waals surface area contributed by atoms with E-state index in [1.807, 2.05) is 19.1 Å². The Kier molecular flexibility index (Phi) is 4.26. The molecule has 0 aliphatic heterocycles. The van der Waals surface area contributed by atoms with Crippen LogP contribution in [0.3, 0.4) is 0 Å². The Labute approximate surface area is 78.7 Å². The molecule has 1 heterocycles. The largest absolute Gasteiger partial charge is 0.478 e. The van der Waals surface area contributed by atoms with Crippen LogP contribution >= 0.6 is 0 Å². The number of rotatable bonds is 5. The van der Waals surface area contributed by atoms with Gasteiger partial charge >= 0.3 is 0 Å². The van der Waals surface area contributed by atoms with Crippen LogP contribution in [-0.2, 0) is 4.74 Å². The molecule has 0 aromatic carbocycles. The summed E-state index contributed by atoms with van der Waals surface area (Å²) in [6, 6.07) is 3.87. The maximum Gasteiger partial charge on any atom is 0.213 e. The monoisotopic (exact) mass is 181 g/mol. The first kappa shape index (κ1) is 9.99. The summed E-state index contributed by atoms with van der Waals surface area (Å²) in [7, 11) is 1.69. The second-order valence-electron chi connectivity index (χ2n) is 2.87. The van der Waals surface area contributed by atoms with Crippen LogP contribution in [0.1, 0.15) is 12.0 Å². The first-order chi connectivity index (χ1) is 6.33. The minimum Gasteiger partial charge on any atom is -0.478 e. The van der Waals surface area contributed by atoms with Gasteiger partial charge in [0.2, 0.25) is 5.88 Å². The quantitative estimate of drug-likeness (QED) is 0.649. The molecule has 0 fully saturated rings. The summed E-state index contributed by atoms with van der Waals surface area (Å²) in [5.41, 5.74) is 1.16. The van der Waals surface area contributed by atoms with Gasteiger partial charge < -0.3 is 9.47 Å². The van der Waals surface area contributed by atoms with E-state index in [2.05, 4.69) is 4.98 Å². The number of aromatic nitrogens is 1. The van der Waals surface area contributed by atoms with Crippen molar-refractivity contribution in [1.82, 2.24) is 4.98 Å². The Morgan fingerprint density at radius 3 is 2.92 bits per heavy atom. The molecule has 0 atom stereocenters. The highest BCUT2D eigenvalue weighted by Crippen LogP contribution is 2.07. The first-order valence-corrected chi connectivity index (χ1v) is 4.37. The predicted octanol–water partition coefficient (Wildman–Crippen LogP) is 1.81. The van der Waals surface area contributed by atoms with Crippen molar-refractivity contribution in [2.75, 3.05) is 20.3 Å². The van der Waals surface area contributed by atoms with Crippen LogP contribution in [0, 0.1) is 6.92 Å². The predicted molar refractivity (Wildman–Crippen MR) is 51.0 cm³/mol. The molecule has 13 heavy (non-hydrogen) atoms. The molecule has 72 valence electrons. The van der Waals surface area contributed by atoms with Crippen molar-refractivity contribution < 1.29 is 9.47 Å². The Morgan fingerprint density at radius 1 is 1.38 bits per heavy atom. The number of aryl methyl sites for hydroxylation is 1. The van der Waals surface area contributed by atoms with Gasteiger partial charge in [-0.2, -0.15) is 0 Å². The zero-order valence-electron chi connectivity index (χ0n) is 8.12. The van der Waals surface area contributed by atoms with E-state index in [-0.39, 0.29) is 0 Å². The minimum atomic E-state index is 0.657. The maximum absolute atomic E-state index is 5.40. The van der Waals surface area contributed by atoms with Crippen molar-refractivity contribution in [2.45, 2.75) is 13.3 Å². The zero-order valence-corrected chi connectivity index (χ0v) is 8.12. The first-order valence-electron chi connectivity index (χ1n) is 4.37. The third-order valence-corrected chi connectivity index (χ3v) is 1.63. The fraction of sp³-hybridized carbons (Fsp3) is 0.500. The molecule has 0 aliphatic carbocycles. The number of hydrogen-bond acceptors (Lipinski definition) is 3. The lowest BCUT2D eigenvalue weighted by Crippen LogP contribution is -2.02. The average molecular weight is 181 g/mol. The average Bonchev–Trinajstić information content (AvgIpc) is 2.13. The van der Waals surface area contributed by atoms with E-state index in [0.29, 0.717) is 12.5 Å². The Morgan fingerprint density at radius 2 is 2.23 bits per heavy atom. The van der Waals surface area contributed by atoms with Crippen molar-refractivity contribution >= 4 is 0 Å². The van der Waals surface area contributed by atoms with Crippen molar-refractivity contribution in [3.63, 3.8) is 0 Å². The van der Waals surface area contributed by atoms with Gasteiger partial charge in [0.15, 0.2) is 0 Å². The molecule has 1 rings (SSSR count). The molecule has 0 saturated heterocycles. The van der Waals surface area contributed by atoms with Gasteiger partial charge in [0, 0.05) is 32.4 Å². The van der Waals surface area contributed by atoms with Crippen LogP contribution < -0.4 is 4.74 Å². The van der Waals surface area contributed by atoms with E-state index < -0.39 is 0 Å². The lowest BCUT2D eigenvalue weighted by Gasteiger charge is -2.04. The van der Waals surface area contributed by atoms with E-state index in [1.54, 1.807) is 13.3 Å². The molecule has 0 unspecified atom stereocenters. The van der Waals surface area contributed by atoms with Gasteiger partial charge in [-0.25, -0.2) is 4.98 Å². The Balaban J connectivity index is 2.28. The van der Waals surface area contributed by atoms with Crippen LogP contribution in [0.15, 0.2) is 18.3 Å². The number of methoxy groups -OCH3 is 1. The van der Waals surface area contributed by atoms with E-state index in [0.717, 1.165) is 18.6 Å². The molecule has 1 aromatic rings. The fourth-order valence-corrected chi connectivity index (χ4v) is 0.967. The normalized spacial score (nSPS) is 10.0. The second kappa shape index (κ2) is 5.54. The fourth-order valence-electron chi connectivity index (χ4n) is 0.967. The summed E-state index contributed by atoms with van der Waals surface area (Å²) in [5, 5.41) is 0. The zero-order chi connectivity index (χ0) is 9.52. The van der Waals surface area contributed by atoms with Gasteiger partial charge in [0.25, 0.3) is 0 Å². The molecule has 0 saturated carbocycles. The van der Waals surface area contributed by atoms with E-state index >= 15 is 0 Å². The summed E-state index contributed by atoms with van der Waals surface area (Å²) < 4.78 is 10.3. The third kappa shape index (κ3) is 3.90. The molecule has 0 N–H and O–H groups in total. The highest BCUT2D eigenvalue weighted by molar-refractivity contribution is 5.18. The SMILES string of the molecule is COCCCOc1cc(C)ccn1. The number of pyridine rings is 1. The molecular weight excluding hydrogens is 166 g/mol. The molecular formula is C10H15NO2. The molecule has 0 radical (unpaired) electrons. The molecule has 0 amide bonds. The van der Waals surface area contributed by atoms with Gasteiger partial charge in [-0.05, 0) is 18.6 Å². The standard InChI is InChI=1S/C10H15NO2/c1-9-4-5-11-10(8-9)13-7-3-6-12-2/h4-5,8H,3,6-7H2,1-2H3. The minimum absolute atomic E-state index is 0.657. The molecule has 0 aliphatic rings. The number of hydrogen-bond donors (Lipinski definition) is 0. The molecule has 0 spiro atoms. The van der Waals surface area contributed by atoms with Gasteiger partial charge in [-0.15, -0.1) is 0 Å². The van der Waals surface area contributed by atoms with Crippen LogP contribution in [0.4, 0.5) is 0 Å². The van der Waals surface area contributed by atoms with E-state index in [4.69, 9.17) is 9.47 Å². The summed E-state index contributed by atoms with van der Waals surface area (Å²) in [6.07, 6.45) is 2.65. The Hall–Kier alpha value is -1.09. The summed E-state index contributed by atoms with van der Waals surface area (Å²) >= 11 is 0. The Bertz CT molecular complexity index is 250. The van der Waals surface area contributed by atoms with Crippen LogP contribution in [-0.4, -0.2) is 25.3 Å².